The Morgan fingerprint density at radius 3 is 3.27 bits per heavy atom. The number of hydrogen-bond donors (Lipinski definition) is 0. The second-order valence-electron chi connectivity index (χ2n) is 2.10. The summed E-state index contributed by atoms with van der Waals surface area (Å²) >= 11 is 1.43. The first kappa shape index (κ1) is 6.32. The van der Waals surface area contributed by atoms with Gasteiger partial charge in [0.05, 0.1) is 21.8 Å². The van der Waals surface area contributed by atoms with Crippen LogP contribution in [-0.2, 0) is 0 Å². The number of aromatic nitrogens is 1. The molecule has 0 atom stereocenters. The van der Waals surface area contributed by atoms with Crippen LogP contribution in [0.3, 0.4) is 0 Å². The van der Waals surface area contributed by atoms with Crippen LogP contribution in [0.25, 0.3) is 10.2 Å². The smallest absolute Gasteiger partial charge is 0.153 e. The van der Waals surface area contributed by atoms with Crippen LogP contribution in [0.5, 0.6) is 0 Å². The van der Waals surface area contributed by atoms with Gasteiger partial charge in [0.25, 0.3) is 0 Å². The number of thiazole rings is 1. The summed E-state index contributed by atoms with van der Waals surface area (Å²) in [5.74, 6) is 0. The van der Waals surface area contributed by atoms with E-state index in [1.807, 2.05) is 12.1 Å². The van der Waals surface area contributed by atoms with Crippen molar-refractivity contribution in [1.29, 1.82) is 5.26 Å². The molecule has 0 aliphatic carbocycles. The molecule has 1 aromatic heterocycles. The minimum Gasteiger partial charge on any atom is -0.233 e. The van der Waals surface area contributed by atoms with Crippen molar-refractivity contribution < 1.29 is 0 Å². The Balaban J connectivity index is 2.79. The Bertz CT molecular complexity index is 425. The summed E-state index contributed by atoms with van der Waals surface area (Å²) in [7, 11) is 0. The van der Waals surface area contributed by atoms with E-state index in [0.29, 0.717) is 5.56 Å². The van der Waals surface area contributed by atoms with Gasteiger partial charge in [-0.1, -0.05) is 0 Å². The van der Waals surface area contributed by atoms with Crippen molar-refractivity contribution in [2.45, 2.75) is 0 Å². The first-order valence-corrected chi connectivity index (χ1v) is 3.88. The summed E-state index contributed by atoms with van der Waals surface area (Å²) in [4.78, 5) is 3.98. The molecular weight excluding hydrogens is 156 g/mol. The highest BCUT2D eigenvalue weighted by molar-refractivity contribution is 7.16. The van der Waals surface area contributed by atoms with Gasteiger partial charge in [-0.25, -0.2) is 4.98 Å². The minimum absolute atomic E-state index is 0.676. The highest BCUT2D eigenvalue weighted by atomic mass is 32.1. The topological polar surface area (TPSA) is 36.7 Å². The van der Waals surface area contributed by atoms with Crippen LogP contribution < -0.4 is 0 Å². The maximum Gasteiger partial charge on any atom is 0.153 e. The summed E-state index contributed by atoms with van der Waals surface area (Å²) in [5.41, 5.74) is 4.36. The molecule has 2 nitrogen and oxygen atoms in total. The van der Waals surface area contributed by atoms with Crippen LogP contribution in [0.4, 0.5) is 0 Å². The zero-order chi connectivity index (χ0) is 7.68. The number of fused-ring (bicyclic) bond motifs is 1. The third kappa shape index (κ3) is 0.975. The summed E-state index contributed by atoms with van der Waals surface area (Å²) in [6, 6.07) is 7.49. The second-order valence-corrected chi connectivity index (χ2v) is 2.93. The third-order valence-electron chi connectivity index (χ3n) is 1.41. The van der Waals surface area contributed by atoms with Crippen molar-refractivity contribution in [3.63, 3.8) is 0 Å². The zero-order valence-corrected chi connectivity index (χ0v) is 6.35. The largest absolute Gasteiger partial charge is 0.233 e. The molecular formula is C8H3N2S. The van der Waals surface area contributed by atoms with Gasteiger partial charge < -0.3 is 0 Å². The maximum absolute atomic E-state index is 8.56. The van der Waals surface area contributed by atoms with Crippen LogP contribution in [0.15, 0.2) is 18.2 Å². The molecule has 0 aliphatic rings. The third-order valence-corrected chi connectivity index (χ3v) is 2.14. The standard InChI is InChI=1S/C8H3N2S/c9-4-6-1-2-7-8(3-6)11-5-10-7/h1-3H. The van der Waals surface area contributed by atoms with E-state index in [2.05, 4.69) is 16.6 Å². The first-order valence-electron chi connectivity index (χ1n) is 3.07. The van der Waals surface area contributed by atoms with Gasteiger partial charge in [-0.15, -0.1) is 11.3 Å². The second kappa shape index (κ2) is 2.33. The molecule has 1 radical (unpaired) electrons. The number of nitriles is 1. The van der Waals surface area contributed by atoms with Gasteiger partial charge in [-0.05, 0) is 18.2 Å². The lowest BCUT2D eigenvalue weighted by atomic mass is 10.2. The molecule has 0 saturated carbocycles. The van der Waals surface area contributed by atoms with E-state index >= 15 is 0 Å². The Morgan fingerprint density at radius 2 is 2.45 bits per heavy atom. The molecule has 0 saturated heterocycles. The van der Waals surface area contributed by atoms with Crippen LogP contribution in [0, 0.1) is 16.8 Å². The molecule has 2 aromatic rings. The summed E-state index contributed by atoms with van der Waals surface area (Å²) in [6.07, 6.45) is 0. The van der Waals surface area contributed by atoms with E-state index < -0.39 is 0 Å². The number of benzene rings is 1. The normalized spacial score (nSPS) is 9.73. The minimum atomic E-state index is 0.676. The fourth-order valence-electron chi connectivity index (χ4n) is 0.879. The Morgan fingerprint density at radius 1 is 1.55 bits per heavy atom. The molecule has 0 amide bonds. The molecule has 3 heteroatoms. The molecule has 0 fully saturated rings. The maximum atomic E-state index is 8.56. The van der Waals surface area contributed by atoms with Crippen molar-refractivity contribution in [2.24, 2.45) is 0 Å². The molecule has 0 bridgehead atoms. The van der Waals surface area contributed by atoms with Gasteiger partial charge in [-0.2, -0.15) is 5.26 Å². The van der Waals surface area contributed by atoms with Crippen molar-refractivity contribution in [1.82, 2.24) is 4.98 Å². The number of nitrogens with zero attached hydrogens (tertiary/aromatic N) is 2. The summed E-state index contributed by atoms with van der Waals surface area (Å²) < 4.78 is 1.02. The monoisotopic (exact) mass is 159 g/mol. The van der Waals surface area contributed by atoms with Crippen LogP contribution in [0.1, 0.15) is 5.56 Å². The Labute approximate surface area is 67.7 Å². The molecule has 11 heavy (non-hydrogen) atoms. The predicted molar refractivity (Wildman–Crippen MR) is 43.2 cm³/mol. The van der Waals surface area contributed by atoms with Gasteiger partial charge >= 0.3 is 0 Å². The highest BCUT2D eigenvalue weighted by Crippen LogP contribution is 2.17. The molecule has 1 aromatic carbocycles. The molecule has 1 heterocycles. The lowest BCUT2D eigenvalue weighted by molar-refractivity contribution is 1.47. The fraction of sp³-hybridized carbons (Fsp3) is 0. The van der Waals surface area contributed by atoms with Gasteiger partial charge in [-0.3, -0.25) is 0 Å². The van der Waals surface area contributed by atoms with Crippen molar-refractivity contribution in [3.05, 3.63) is 29.3 Å². The van der Waals surface area contributed by atoms with Gasteiger partial charge in [0.2, 0.25) is 0 Å². The zero-order valence-electron chi connectivity index (χ0n) is 5.53. The van der Waals surface area contributed by atoms with Gasteiger partial charge in [0.1, 0.15) is 0 Å². The Hall–Kier alpha value is -1.40. The van der Waals surface area contributed by atoms with E-state index in [1.54, 1.807) is 6.07 Å². The van der Waals surface area contributed by atoms with Crippen molar-refractivity contribution >= 4 is 21.6 Å². The predicted octanol–water partition coefficient (Wildman–Crippen LogP) is 1.97. The van der Waals surface area contributed by atoms with Gasteiger partial charge in [0.15, 0.2) is 5.51 Å². The molecule has 0 N–H and O–H groups in total. The van der Waals surface area contributed by atoms with E-state index in [1.165, 1.54) is 11.3 Å². The summed E-state index contributed by atoms with van der Waals surface area (Å²) in [6.45, 7) is 0. The van der Waals surface area contributed by atoms with E-state index in [0.717, 1.165) is 10.2 Å². The fourth-order valence-corrected chi connectivity index (χ4v) is 1.53. The molecule has 0 aliphatic heterocycles. The molecule has 51 valence electrons. The van der Waals surface area contributed by atoms with Crippen molar-refractivity contribution in [2.75, 3.05) is 0 Å². The SMILES string of the molecule is N#Cc1ccc2n[c]sc2c1. The number of hydrogen-bond acceptors (Lipinski definition) is 3. The number of rotatable bonds is 0. The van der Waals surface area contributed by atoms with E-state index in [4.69, 9.17) is 5.26 Å². The Kier molecular flexibility index (Phi) is 1.34. The van der Waals surface area contributed by atoms with Crippen LogP contribution in [0.2, 0.25) is 0 Å². The van der Waals surface area contributed by atoms with Crippen molar-refractivity contribution in [3.8, 4) is 6.07 Å². The average molecular weight is 159 g/mol. The van der Waals surface area contributed by atoms with Gasteiger partial charge in [0, 0.05) is 0 Å². The quantitative estimate of drug-likeness (QED) is 0.589. The lowest BCUT2D eigenvalue weighted by Crippen LogP contribution is -1.71. The first-order chi connectivity index (χ1) is 5.40. The lowest BCUT2D eigenvalue weighted by Gasteiger charge is -1.86. The van der Waals surface area contributed by atoms with E-state index in [-0.39, 0.29) is 0 Å². The van der Waals surface area contributed by atoms with Crippen LogP contribution in [-0.4, -0.2) is 4.98 Å². The molecule has 2 rings (SSSR count). The van der Waals surface area contributed by atoms with E-state index in [9.17, 15) is 0 Å². The molecule has 0 unspecified atom stereocenters. The van der Waals surface area contributed by atoms with Crippen LogP contribution >= 0.6 is 11.3 Å². The average Bonchev–Trinajstić information content (AvgIpc) is 2.50. The highest BCUT2D eigenvalue weighted by Gasteiger charge is 1.96. The molecule has 0 spiro atoms. The summed E-state index contributed by atoms with van der Waals surface area (Å²) in [5, 5.41) is 8.56.